The predicted octanol–water partition coefficient (Wildman–Crippen LogP) is 1.33. The highest BCUT2D eigenvalue weighted by Crippen LogP contribution is 2.67. The van der Waals surface area contributed by atoms with E-state index in [9.17, 15) is 9.90 Å². The van der Waals surface area contributed by atoms with E-state index in [1.54, 1.807) is 6.07 Å². The molecule has 0 amide bonds. The molecule has 3 fully saturated rings. The van der Waals surface area contributed by atoms with Crippen LogP contribution in [0.3, 0.4) is 0 Å². The first-order chi connectivity index (χ1) is 17.0. The summed E-state index contributed by atoms with van der Waals surface area (Å²) >= 11 is 0. The van der Waals surface area contributed by atoms with E-state index in [0.717, 1.165) is 54.6 Å². The molecule has 0 unspecified atom stereocenters. The number of halogens is 1. The number of likely N-dealkylation sites (N-methyl/N-ethyl adjacent to an activating group) is 1. The Morgan fingerprint density at radius 3 is 2.72 bits per heavy atom. The maximum Gasteiger partial charge on any atom is 0.174 e. The molecule has 2 bridgehead atoms. The zero-order valence-electron chi connectivity index (χ0n) is 21.0. The summed E-state index contributed by atoms with van der Waals surface area (Å²) in [5.41, 5.74) is 2.76. The van der Waals surface area contributed by atoms with E-state index in [2.05, 4.69) is 43.4 Å². The minimum absolute atomic E-state index is 0. The first kappa shape index (κ1) is 24.7. The summed E-state index contributed by atoms with van der Waals surface area (Å²) in [4.78, 5) is 13.4. The van der Waals surface area contributed by atoms with Crippen LogP contribution < -0.4 is 28.7 Å². The molecule has 1 spiro atoms. The largest absolute Gasteiger partial charge is 1.00 e. The van der Waals surface area contributed by atoms with Gasteiger partial charge in [-0.3, -0.25) is 4.79 Å². The Bertz CT molecular complexity index is 1180. The number of Topliss-reactive ketones (excluding diaryl/α,β-unsaturated/α-hetero) is 1. The highest BCUT2D eigenvalue weighted by molar-refractivity contribution is 5.90. The molecule has 7 rings (SSSR count). The molecule has 2 heterocycles. The lowest BCUT2D eigenvalue weighted by Crippen LogP contribution is -3.00. The number of ketones is 1. The highest BCUT2D eigenvalue weighted by Gasteiger charge is 2.77. The second-order valence-corrected chi connectivity index (χ2v) is 12.0. The van der Waals surface area contributed by atoms with Crippen LogP contribution in [0.1, 0.15) is 55.2 Å². The van der Waals surface area contributed by atoms with Crippen molar-refractivity contribution in [1.82, 2.24) is 0 Å². The highest BCUT2D eigenvalue weighted by atomic mass is 127. The van der Waals surface area contributed by atoms with Gasteiger partial charge in [0.2, 0.25) is 0 Å². The van der Waals surface area contributed by atoms with Gasteiger partial charge in [0.15, 0.2) is 23.4 Å². The van der Waals surface area contributed by atoms with E-state index in [1.165, 1.54) is 30.5 Å². The predicted molar refractivity (Wildman–Crippen MR) is 133 cm³/mol. The quantitative estimate of drug-likeness (QED) is 0.296. The number of phenolic OH excluding ortho intramolecular Hbond substituents is 1. The van der Waals surface area contributed by atoms with Crippen LogP contribution in [-0.4, -0.2) is 59.9 Å². The van der Waals surface area contributed by atoms with Gasteiger partial charge in [-0.15, -0.1) is 0 Å². The summed E-state index contributed by atoms with van der Waals surface area (Å²) in [5.74, 6) is 1.71. The standard InChI is InChI=1S/C30H35NO4.HI/c1-31(19-21-9-10-21)16-15-29-26-22-11-12-23(32)27(26)35-28(29)24(33)13-14-30(29,25(31)18-22)34-17-5-8-20-6-3-2-4-7-20;/h2-4,6-7,11-12,21,25,28H,5,8-10,13-19H2,1H3;1H/t25-,28+,29+,30-,31-;/m1./s1. The van der Waals surface area contributed by atoms with Crippen molar-refractivity contribution in [2.75, 3.05) is 26.7 Å². The number of carbonyl (C=O) groups excluding carboxylic acids is 1. The topological polar surface area (TPSA) is 55.8 Å². The second kappa shape index (κ2) is 8.70. The van der Waals surface area contributed by atoms with Crippen molar-refractivity contribution >= 4 is 5.78 Å². The smallest absolute Gasteiger partial charge is 0.174 e. The number of phenols is 1. The molecule has 2 aromatic rings. The number of nitrogens with zero attached hydrogens (tertiary/aromatic N) is 1. The Morgan fingerprint density at radius 2 is 1.94 bits per heavy atom. The van der Waals surface area contributed by atoms with Crippen molar-refractivity contribution in [3.8, 4) is 11.5 Å². The third-order valence-corrected chi connectivity index (χ3v) is 10.0. The van der Waals surface area contributed by atoms with Gasteiger partial charge in [-0.1, -0.05) is 36.4 Å². The fraction of sp³-hybridized carbons (Fsp3) is 0.567. The van der Waals surface area contributed by atoms with Gasteiger partial charge in [-0.2, -0.15) is 0 Å². The number of hydrogen-bond donors (Lipinski definition) is 1. The van der Waals surface area contributed by atoms with Gasteiger partial charge in [-0.25, -0.2) is 0 Å². The molecule has 36 heavy (non-hydrogen) atoms. The first-order valence-corrected chi connectivity index (χ1v) is 13.5. The van der Waals surface area contributed by atoms with Gasteiger partial charge < -0.3 is 43.0 Å². The Balaban J connectivity index is 0.00000240. The monoisotopic (exact) mass is 601 g/mol. The number of piperidine rings is 1. The normalized spacial score (nSPS) is 35.5. The molecule has 5 nitrogen and oxygen atoms in total. The van der Waals surface area contributed by atoms with Crippen molar-refractivity contribution < 1.29 is 47.8 Å². The summed E-state index contributed by atoms with van der Waals surface area (Å²) in [6.45, 7) is 2.93. The number of aryl methyl sites for hydroxylation is 1. The van der Waals surface area contributed by atoms with Crippen LogP contribution in [-0.2, 0) is 27.8 Å². The fourth-order valence-electron chi connectivity index (χ4n) is 8.38. The van der Waals surface area contributed by atoms with Gasteiger partial charge >= 0.3 is 0 Å². The second-order valence-electron chi connectivity index (χ2n) is 12.0. The number of benzene rings is 2. The molecule has 3 aliphatic carbocycles. The molecule has 192 valence electrons. The van der Waals surface area contributed by atoms with Crippen LogP contribution >= 0.6 is 0 Å². The Morgan fingerprint density at radius 1 is 1.14 bits per heavy atom. The van der Waals surface area contributed by atoms with Crippen LogP contribution in [0.15, 0.2) is 42.5 Å². The lowest BCUT2D eigenvalue weighted by molar-refractivity contribution is -0.950. The Kier molecular flexibility index (Phi) is 5.97. The minimum Gasteiger partial charge on any atom is -1.00 e. The molecule has 0 radical (unpaired) electrons. The van der Waals surface area contributed by atoms with Gasteiger partial charge in [-0.05, 0) is 49.3 Å². The third-order valence-electron chi connectivity index (χ3n) is 10.0. The summed E-state index contributed by atoms with van der Waals surface area (Å²) < 4.78 is 14.6. The SMILES string of the molecule is C[N@+]1(CC2CC2)CC[C@]23c4c5ccc(O)c4O[C@H]2C(=O)CC[C@@]3(OCCCc2ccccc2)[C@H]1C5.[I-]. The summed E-state index contributed by atoms with van der Waals surface area (Å²) in [6, 6.07) is 14.8. The fourth-order valence-corrected chi connectivity index (χ4v) is 8.38. The molecule has 2 aliphatic heterocycles. The average Bonchev–Trinajstić information content (AvgIpc) is 3.59. The Labute approximate surface area is 230 Å². The van der Waals surface area contributed by atoms with Crippen LogP contribution in [0.5, 0.6) is 11.5 Å². The van der Waals surface area contributed by atoms with Crippen LogP contribution in [0.2, 0.25) is 0 Å². The molecular weight excluding hydrogens is 565 g/mol. The van der Waals surface area contributed by atoms with Crippen molar-refractivity contribution in [1.29, 1.82) is 0 Å². The minimum atomic E-state index is -0.537. The van der Waals surface area contributed by atoms with E-state index in [1.807, 2.05) is 0 Å². The molecule has 2 saturated carbocycles. The van der Waals surface area contributed by atoms with Crippen molar-refractivity contribution in [2.45, 2.75) is 74.5 Å². The summed E-state index contributed by atoms with van der Waals surface area (Å²) in [7, 11) is 2.44. The van der Waals surface area contributed by atoms with E-state index in [0.29, 0.717) is 24.8 Å². The van der Waals surface area contributed by atoms with E-state index in [-0.39, 0.29) is 35.5 Å². The molecule has 2 aromatic carbocycles. The van der Waals surface area contributed by atoms with Crippen molar-refractivity contribution in [2.24, 2.45) is 5.92 Å². The number of hydrogen-bond acceptors (Lipinski definition) is 4. The maximum absolute atomic E-state index is 13.4. The number of quaternary nitrogens is 1. The van der Waals surface area contributed by atoms with Crippen LogP contribution in [0.25, 0.3) is 0 Å². The Hall–Kier alpha value is -1.64. The molecule has 6 heteroatoms. The number of carbonyl (C=O) groups is 1. The third kappa shape index (κ3) is 3.36. The molecule has 5 atom stereocenters. The van der Waals surface area contributed by atoms with Gasteiger partial charge in [0.05, 0.1) is 25.6 Å². The molecule has 1 saturated heterocycles. The van der Waals surface area contributed by atoms with E-state index >= 15 is 0 Å². The van der Waals surface area contributed by atoms with E-state index < -0.39 is 17.1 Å². The molecule has 1 N–H and O–H groups in total. The molecule has 0 aromatic heterocycles. The van der Waals surface area contributed by atoms with Gasteiger partial charge in [0.1, 0.15) is 11.6 Å². The lowest BCUT2D eigenvalue weighted by Gasteiger charge is -2.66. The molecular formula is C30H36INO4. The van der Waals surface area contributed by atoms with Gasteiger partial charge in [0.25, 0.3) is 0 Å². The van der Waals surface area contributed by atoms with Gasteiger partial charge in [0, 0.05) is 37.4 Å². The average molecular weight is 602 g/mol. The molecule has 5 aliphatic rings. The van der Waals surface area contributed by atoms with Crippen molar-refractivity contribution in [3.05, 3.63) is 59.2 Å². The first-order valence-electron chi connectivity index (χ1n) is 13.5. The maximum atomic E-state index is 13.4. The lowest BCUT2D eigenvalue weighted by atomic mass is 9.48. The number of rotatable bonds is 7. The summed E-state index contributed by atoms with van der Waals surface area (Å²) in [5, 5.41) is 10.8. The van der Waals surface area contributed by atoms with Crippen LogP contribution in [0.4, 0.5) is 0 Å². The number of aromatic hydroxyl groups is 1. The summed E-state index contributed by atoms with van der Waals surface area (Å²) in [6.07, 6.45) is 7.16. The van der Waals surface area contributed by atoms with Crippen LogP contribution in [0, 0.1) is 5.92 Å². The zero-order valence-corrected chi connectivity index (χ0v) is 23.2. The van der Waals surface area contributed by atoms with E-state index in [4.69, 9.17) is 9.47 Å². The van der Waals surface area contributed by atoms with Crippen molar-refractivity contribution in [3.63, 3.8) is 0 Å². The zero-order chi connectivity index (χ0) is 23.8. The number of ether oxygens (including phenoxy) is 2. The number of likely N-dealkylation sites (tertiary alicyclic amines) is 1.